The van der Waals surface area contributed by atoms with Gasteiger partial charge in [-0.05, 0) is 46.0 Å². The van der Waals surface area contributed by atoms with Gasteiger partial charge in [-0.25, -0.2) is 4.18 Å². The van der Waals surface area contributed by atoms with Gasteiger partial charge in [0.1, 0.15) is 0 Å². The van der Waals surface area contributed by atoms with Gasteiger partial charge in [-0.15, -0.1) is 0 Å². The topological polar surface area (TPSA) is 72.8 Å². The molecule has 0 radical (unpaired) electrons. The van der Waals surface area contributed by atoms with Gasteiger partial charge in [-0.2, -0.15) is 8.42 Å². The average molecular weight is 449 g/mol. The molecule has 0 aromatic carbocycles. The number of ether oxygens (including phenoxy) is 1. The molecule has 0 atom stereocenters. The summed E-state index contributed by atoms with van der Waals surface area (Å²) in [5, 5.41) is 0. The largest absolute Gasteiger partial charge is 2.00 e. The summed E-state index contributed by atoms with van der Waals surface area (Å²) in [7, 11) is -4.25. The van der Waals surface area contributed by atoms with Crippen LogP contribution in [-0.4, -0.2) is 55.8 Å². The molecule has 0 saturated carbocycles. The SMILES string of the molecule is CCCCCCCC/C=C\CCCCCCCCOS(=O)(=O)O.CCOCC.[H-].[H-].[Mg+2]. The first-order valence-electron chi connectivity index (χ1n) is 11.3. The molecule has 0 aliphatic carbocycles. The fourth-order valence-corrected chi connectivity index (χ4v) is 3.05. The molecular weight excluding hydrogens is 401 g/mol. The third-order valence-electron chi connectivity index (χ3n) is 4.30. The summed E-state index contributed by atoms with van der Waals surface area (Å²) in [4.78, 5) is 0. The Hall–Kier alpha value is 0.336. The van der Waals surface area contributed by atoms with Gasteiger partial charge >= 0.3 is 33.5 Å². The summed E-state index contributed by atoms with van der Waals surface area (Å²) in [5.41, 5.74) is 0. The van der Waals surface area contributed by atoms with Gasteiger partial charge in [0.2, 0.25) is 0 Å². The zero-order chi connectivity index (χ0) is 21.3. The van der Waals surface area contributed by atoms with E-state index in [1.807, 2.05) is 13.8 Å². The molecule has 0 bridgehead atoms. The first kappa shape index (κ1) is 34.0. The molecule has 0 aliphatic rings. The molecule has 0 saturated heterocycles. The van der Waals surface area contributed by atoms with E-state index in [2.05, 4.69) is 23.3 Å². The number of hydrogen-bond acceptors (Lipinski definition) is 4. The third-order valence-corrected chi connectivity index (χ3v) is 4.76. The predicted molar refractivity (Wildman–Crippen MR) is 127 cm³/mol. The fourth-order valence-electron chi connectivity index (χ4n) is 2.72. The van der Waals surface area contributed by atoms with Crippen LogP contribution in [0.5, 0.6) is 0 Å². The molecular formula is C22H48MgO5S. The number of hydrogen-bond donors (Lipinski definition) is 1. The Labute approximate surface area is 200 Å². The van der Waals surface area contributed by atoms with E-state index >= 15 is 0 Å². The van der Waals surface area contributed by atoms with E-state index in [9.17, 15) is 8.42 Å². The van der Waals surface area contributed by atoms with Gasteiger partial charge in [0.05, 0.1) is 6.61 Å². The summed E-state index contributed by atoms with van der Waals surface area (Å²) in [5.74, 6) is 0. The molecule has 0 aliphatic heterocycles. The first-order valence-corrected chi connectivity index (χ1v) is 12.7. The normalized spacial score (nSPS) is 11.2. The summed E-state index contributed by atoms with van der Waals surface area (Å²) >= 11 is 0. The van der Waals surface area contributed by atoms with Crippen molar-refractivity contribution in [3.05, 3.63) is 12.2 Å². The number of allylic oxidation sites excluding steroid dienone is 2. The Morgan fingerprint density at radius 1 is 0.724 bits per heavy atom. The van der Waals surface area contributed by atoms with Gasteiger partial charge in [-0.3, -0.25) is 4.55 Å². The Morgan fingerprint density at radius 2 is 1.14 bits per heavy atom. The van der Waals surface area contributed by atoms with Crippen molar-refractivity contribution in [2.24, 2.45) is 0 Å². The number of rotatable bonds is 19. The maximum Gasteiger partial charge on any atom is 2.00 e. The molecule has 0 spiro atoms. The third kappa shape index (κ3) is 39.4. The zero-order valence-corrected chi connectivity index (χ0v) is 21.6. The smallest absolute Gasteiger partial charge is 1.00 e. The Morgan fingerprint density at radius 3 is 1.52 bits per heavy atom. The van der Waals surface area contributed by atoms with E-state index in [4.69, 9.17) is 9.29 Å². The number of unbranched alkanes of at least 4 members (excludes halogenated alkanes) is 12. The molecule has 0 aromatic rings. The van der Waals surface area contributed by atoms with Crippen molar-refractivity contribution < 1.29 is 24.7 Å². The van der Waals surface area contributed by atoms with E-state index in [0.29, 0.717) is 6.42 Å². The Kier molecular flexibility index (Phi) is 33.2. The maximum absolute atomic E-state index is 10.3. The molecule has 7 heteroatoms. The molecule has 0 aromatic heterocycles. The predicted octanol–water partition coefficient (Wildman–Crippen LogP) is 6.73. The molecule has 174 valence electrons. The molecule has 0 fully saturated rings. The summed E-state index contributed by atoms with van der Waals surface area (Å²) < 4.78 is 38.1. The van der Waals surface area contributed by atoms with Crippen LogP contribution in [0.15, 0.2) is 12.2 Å². The van der Waals surface area contributed by atoms with Gasteiger partial charge in [0.15, 0.2) is 0 Å². The van der Waals surface area contributed by atoms with Crippen molar-refractivity contribution in [1.82, 2.24) is 0 Å². The molecule has 0 heterocycles. The minimum Gasteiger partial charge on any atom is -1.00 e. The van der Waals surface area contributed by atoms with E-state index in [1.54, 1.807) is 0 Å². The monoisotopic (exact) mass is 448 g/mol. The van der Waals surface area contributed by atoms with Crippen LogP contribution < -0.4 is 0 Å². The van der Waals surface area contributed by atoms with Crippen LogP contribution in [0.1, 0.15) is 114 Å². The van der Waals surface area contributed by atoms with Crippen LogP contribution in [0, 0.1) is 0 Å². The van der Waals surface area contributed by atoms with Gasteiger partial charge < -0.3 is 7.59 Å². The van der Waals surface area contributed by atoms with Crippen molar-refractivity contribution in [3.63, 3.8) is 0 Å². The van der Waals surface area contributed by atoms with Crippen LogP contribution in [-0.2, 0) is 19.3 Å². The first-order chi connectivity index (χ1) is 13.5. The molecule has 1 N–H and O–H groups in total. The van der Waals surface area contributed by atoms with Crippen LogP contribution in [0.25, 0.3) is 0 Å². The Balaban J connectivity index is -0.000000252. The quantitative estimate of drug-likeness (QED) is 0.103. The van der Waals surface area contributed by atoms with Crippen molar-refractivity contribution in [2.75, 3.05) is 19.8 Å². The zero-order valence-electron chi connectivity index (χ0n) is 21.4. The van der Waals surface area contributed by atoms with E-state index in [0.717, 1.165) is 26.1 Å². The molecule has 0 rings (SSSR count). The van der Waals surface area contributed by atoms with Crippen molar-refractivity contribution >= 4 is 33.5 Å². The van der Waals surface area contributed by atoms with Crippen molar-refractivity contribution in [3.8, 4) is 0 Å². The second kappa shape index (κ2) is 28.3. The summed E-state index contributed by atoms with van der Waals surface area (Å²) in [6.07, 6.45) is 21.5. The second-order valence-corrected chi connectivity index (χ2v) is 8.06. The van der Waals surface area contributed by atoms with E-state index < -0.39 is 10.4 Å². The van der Waals surface area contributed by atoms with Crippen LogP contribution in [0.4, 0.5) is 0 Å². The van der Waals surface area contributed by atoms with E-state index in [-0.39, 0.29) is 32.5 Å². The fraction of sp³-hybridized carbons (Fsp3) is 0.909. The minimum absolute atomic E-state index is 0. The maximum atomic E-state index is 10.3. The van der Waals surface area contributed by atoms with Gasteiger partial charge in [0.25, 0.3) is 0 Å². The van der Waals surface area contributed by atoms with Crippen LogP contribution in [0.3, 0.4) is 0 Å². The minimum atomic E-state index is -4.25. The summed E-state index contributed by atoms with van der Waals surface area (Å²) in [6.45, 7) is 8.00. The average Bonchev–Trinajstić information content (AvgIpc) is 2.64. The van der Waals surface area contributed by atoms with Crippen molar-refractivity contribution in [2.45, 2.75) is 111 Å². The molecule has 0 unspecified atom stereocenters. The second-order valence-electron chi connectivity index (χ2n) is 6.97. The van der Waals surface area contributed by atoms with E-state index in [1.165, 1.54) is 70.6 Å². The standard InChI is InChI=1S/C18H36O4S.C4H10O.Mg.2H/c1-2-3-4-5-6-7-8-9-10-11-12-13-14-15-16-17-18-22-23(19,20)21;1-3-5-4-2;;;/h9-10H,2-8,11-18H2,1H3,(H,19,20,21);3-4H2,1-2H3;;;/q;;+2;2*-1/b10-9-;;;;. The van der Waals surface area contributed by atoms with Gasteiger partial charge in [-0.1, -0.05) is 76.9 Å². The molecule has 29 heavy (non-hydrogen) atoms. The van der Waals surface area contributed by atoms with Crippen molar-refractivity contribution in [1.29, 1.82) is 0 Å². The molecule has 5 nitrogen and oxygen atoms in total. The summed E-state index contributed by atoms with van der Waals surface area (Å²) in [6, 6.07) is 0. The van der Waals surface area contributed by atoms with Crippen LogP contribution in [0.2, 0.25) is 0 Å². The Bertz CT molecular complexity index is 422. The van der Waals surface area contributed by atoms with Gasteiger partial charge in [0, 0.05) is 13.2 Å². The molecule has 0 amide bonds. The van der Waals surface area contributed by atoms with Crippen LogP contribution >= 0.6 is 0 Å².